The molecule has 0 aliphatic rings. The maximum Gasteiger partial charge on any atom is 0.367 e. The van der Waals surface area contributed by atoms with Crippen molar-refractivity contribution in [3.8, 4) is 0 Å². The van der Waals surface area contributed by atoms with Gasteiger partial charge >= 0.3 is 13.6 Å². The van der Waals surface area contributed by atoms with E-state index >= 15 is 0 Å². The van der Waals surface area contributed by atoms with Crippen molar-refractivity contribution in [1.29, 1.82) is 0 Å². The van der Waals surface area contributed by atoms with Gasteiger partial charge in [0, 0.05) is 20.3 Å². The molecule has 6 heteroatoms. The highest BCUT2D eigenvalue weighted by Gasteiger charge is 2.22. The maximum atomic E-state index is 11.2. The SMILES string of the molecule is C=CC(=O)OCP(=O)(OC)OC. The van der Waals surface area contributed by atoms with Crippen molar-refractivity contribution < 1.29 is 23.1 Å². The molecule has 0 saturated carbocycles. The minimum absolute atomic E-state index is 0.398. The summed E-state index contributed by atoms with van der Waals surface area (Å²) in [5.41, 5.74) is 0. The van der Waals surface area contributed by atoms with Gasteiger partial charge in [-0.3, -0.25) is 4.57 Å². The van der Waals surface area contributed by atoms with Crippen LogP contribution in [0.25, 0.3) is 0 Å². The van der Waals surface area contributed by atoms with E-state index in [1.54, 1.807) is 0 Å². The lowest BCUT2D eigenvalue weighted by atomic mass is 10.7. The molecule has 0 aromatic carbocycles. The number of ether oxygens (including phenoxy) is 1. The van der Waals surface area contributed by atoms with Gasteiger partial charge in [-0.15, -0.1) is 0 Å². The molecule has 0 aliphatic carbocycles. The van der Waals surface area contributed by atoms with E-state index in [4.69, 9.17) is 0 Å². The van der Waals surface area contributed by atoms with Gasteiger partial charge in [0.2, 0.25) is 0 Å². The highest BCUT2D eigenvalue weighted by atomic mass is 31.2. The van der Waals surface area contributed by atoms with Crippen molar-refractivity contribution in [2.24, 2.45) is 0 Å². The summed E-state index contributed by atoms with van der Waals surface area (Å²) in [5, 5.41) is 0. The zero-order valence-corrected chi connectivity index (χ0v) is 7.87. The van der Waals surface area contributed by atoms with Gasteiger partial charge in [0.05, 0.1) is 0 Å². The summed E-state index contributed by atoms with van der Waals surface area (Å²) in [7, 11) is -0.810. The average molecular weight is 194 g/mol. The number of rotatable bonds is 5. The van der Waals surface area contributed by atoms with Gasteiger partial charge in [0.15, 0.2) is 6.35 Å². The standard InChI is InChI=1S/C6H11O5P/c1-4-6(7)11-5-12(8,9-2)10-3/h4H,1,5H2,2-3H3. The molecule has 0 rings (SSSR count). The first-order valence-electron chi connectivity index (χ1n) is 3.07. The Bertz CT molecular complexity index is 204. The van der Waals surface area contributed by atoms with E-state index in [2.05, 4.69) is 20.4 Å². The highest BCUT2D eigenvalue weighted by Crippen LogP contribution is 2.45. The lowest BCUT2D eigenvalue weighted by molar-refractivity contribution is -0.136. The van der Waals surface area contributed by atoms with Crippen LogP contribution in [0.1, 0.15) is 0 Å². The Morgan fingerprint density at radius 1 is 1.50 bits per heavy atom. The Morgan fingerprint density at radius 2 is 2.00 bits per heavy atom. The summed E-state index contributed by atoms with van der Waals surface area (Å²) in [6.45, 7) is 3.17. The molecule has 0 radical (unpaired) electrons. The topological polar surface area (TPSA) is 61.8 Å². The second-order valence-corrected chi connectivity index (χ2v) is 3.98. The molecule has 0 spiro atoms. The molecule has 12 heavy (non-hydrogen) atoms. The first-order valence-corrected chi connectivity index (χ1v) is 4.80. The summed E-state index contributed by atoms with van der Waals surface area (Å²) < 4.78 is 24.7. The second kappa shape index (κ2) is 5.09. The van der Waals surface area contributed by atoms with E-state index in [0.717, 1.165) is 6.08 Å². The van der Waals surface area contributed by atoms with Crippen LogP contribution in [0.15, 0.2) is 12.7 Å². The van der Waals surface area contributed by atoms with Crippen LogP contribution in [-0.2, 0) is 23.1 Å². The molecule has 0 aliphatic heterocycles. The van der Waals surface area contributed by atoms with Gasteiger partial charge in [-0.2, -0.15) is 0 Å². The molecule has 0 heterocycles. The largest absolute Gasteiger partial charge is 0.450 e. The number of esters is 1. The minimum Gasteiger partial charge on any atom is -0.450 e. The summed E-state index contributed by atoms with van der Waals surface area (Å²) in [6, 6.07) is 0. The van der Waals surface area contributed by atoms with E-state index in [0.29, 0.717) is 0 Å². The lowest BCUT2D eigenvalue weighted by Crippen LogP contribution is -2.04. The minimum atomic E-state index is -3.24. The summed E-state index contributed by atoms with van der Waals surface area (Å²) in [5.74, 6) is -0.663. The van der Waals surface area contributed by atoms with Gasteiger partial charge < -0.3 is 13.8 Å². The van der Waals surface area contributed by atoms with Crippen LogP contribution in [0, 0.1) is 0 Å². The molecular weight excluding hydrogens is 183 g/mol. The third-order valence-electron chi connectivity index (χ3n) is 1.09. The zero-order valence-electron chi connectivity index (χ0n) is 6.98. The molecule has 5 nitrogen and oxygen atoms in total. The smallest absolute Gasteiger partial charge is 0.367 e. The van der Waals surface area contributed by atoms with E-state index < -0.39 is 19.9 Å². The fourth-order valence-electron chi connectivity index (χ4n) is 0.382. The van der Waals surface area contributed by atoms with Crippen LogP contribution in [0.3, 0.4) is 0 Å². The zero-order chi connectivity index (χ0) is 9.61. The number of carbonyl (C=O) groups is 1. The van der Waals surface area contributed by atoms with Gasteiger partial charge in [-0.1, -0.05) is 6.58 Å². The van der Waals surface area contributed by atoms with Crippen LogP contribution in [0.5, 0.6) is 0 Å². The van der Waals surface area contributed by atoms with Gasteiger partial charge in [0.25, 0.3) is 0 Å². The lowest BCUT2D eigenvalue weighted by Gasteiger charge is -2.12. The molecule has 0 fully saturated rings. The van der Waals surface area contributed by atoms with Crippen molar-refractivity contribution in [1.82, 2.24) is 0 Å². The summed E-state index contributed by atoms with van der Waals surface area (Å²) in [4.78, 5) is 10.5. The van der Waals surface area contributed by atoms with Gasteiger partial charge in [-0.05, 0) is 0 Å². The van der Waals surface area contributed by atoms with Crippen molar-refractivity contribution in [2.45, 2.75) is 0 Å². The van der Waals surface area contributed by atoms with Crippen LogP contribution in [-0.4, -0.2) is 26.5 Å². The Morgan fingerprint density at radius 3 is 2.33 bits per heavy atom. The Hall–Kier alpha value is -0.640. The average Bonchev–Trinajstić information content (AvgIpc) is 2.13. The molecule has 0 aromatic rings. The predicted molar refractivity (Wildman–Crippen MR) is 42.8 cm³/mol. The van der Waals surface area contributed by atoms with Crippen molar-refractivity contribution >= 4 is 13.6 Å². The third kappa shape index (κ3) is 3.67. The number of hydrogen-bond donors (Lipinski definition) is 0. The summed E-state index contributed by atoms with van der Waals surface area (Å²) in [6.07, 6.45) is 0.570. The van der Waals surface area contributed by atoms with E-state index in [1.807, 2.05) is 0 Å². The van der Waals surface area contributed by atoms with E-state index in [1.165, 1.54) is 14.2 Å². The molecule has 0 amide bonds. The predicted octanol–water partition coefficient (Wildman–Crippen LogP) is 1.16. The Balaban J connectivity index is 3.97. The summed E-state index contributed by atoms with van der Waals surface area (Å²) >= 11 is 0. The molecule has 70 valence electrons. The molecule has 0 saturated heterocycles. The quantitative estimate of drug-likeness (QED) is 0.373. The van der Waals surface area contributed by atoms with Crippen molar-refractivity contribution in [3.05, 3.63) is 12.7 Å². The molecule has 0 N–H and O–H groups in total. The Kier molecular flexibility index (Phi) is 4.81. The normalized spacial score (nSPS) is 10.8. The molecule has 0 aromatic heterocycles. The molecule has 0 atom stereocenters. The van der Waals surface area contributed by atoms with Crippen LogP contribution in [0.4, 0.5) is 0 Å². The maximum absolute atomic E-state index is 11.2. The van der Waals surface area contributed by atoms with Crippen LogP contribution >= 0.6 is 7.60 Å². The highest BCUT2D eigenvalue weighted by molar-refractivity contribution is 7.53. The third-order valence-corrected chi connectivity index (χ3v) is 2.65. The molecule has 0 bridgehead atoms. The molecular formula is C6H11O5P. The Labute approximate surface area is 70.8 Å². The van der Waals surface area contributed by atoms with Crippen LogP contribution < -0.4 is 0 Å². The van der Waals surface area contributed by atoms with Crippen LogP contribution in [0.2, 0.25) is 0 Å². The second-order valence-electron chi connectivity index (χ2n) is 1.77. The number of carbonyl (C=O) groups excluding carboxylic acids is 1. The monoisotopic (exact) mass is 194 g/mol. The fourth-order valence-corrected chi connectivity index (χ4v) is 1.03. The van der Waals surface area contributed by atoms with Gasteiger partial charge in [0.1, 0.15) is 0 Å². The van der Waals surface area contributed by atoms with Crippen molar-refractivity contribution in [2.75, 3.05) is 20.6 Å². The first kappa shape index (κ1) is 11.4. The number of hydrogen-bond acceptors (Lipinski definition) is 5. The van der Waals surface area contributed by atoms with E-state index in [9.17, 15) is 9.36 Å². The first-order chi connectivity index (χ1) is 5.58. The van der Waals surface area contributed by atoms with E-state index in [-0.39, 0.29) is 0 Å². The molecule has 0 unspecified atom stereocenters. The fraction of sp³-hybridized carbons (Fsp3) is 0.500. The van der Waals surface area contributed by atoms with Crippen molar-refractivity contribution in [3.63, 3.8) is 0 Å². The van der Waals surface area contributed by atoms with Gasteiger partial charge in [-0.25, -0.2) is 4.79 Å².